The van der Waals surface area contributed by atoms with Gasteiger partial charge in [0.25, 0.3) is 0 Å². The fourth-order valence-corrected chi connectivity index (χ4v) is 2.14. The molecule has 1 aromatic rings. The molecule has 0 aliphatic heterocycles. The molecule has 114 valence electrons. The van der Waals surface area contributed by atoms with Crippen molar-refractivity contribution in [3.63, 3.8) is 0 Å². The van der Waals surface area contributed by atoms with Crippen molar-refractivity contribution in [2.45, 2.75) is 39.5 Å². The van der Waals surface area contributed by atoms with Crippen LogP contribution in [0.4, 0.5) is 8.78 Å². The summed E-state index contributed by atoms with van der Waals surface area (Å²) in [7, 11) is 0. The highest BCUT2D eigenvalue weighted by Gasteiger charge is 2.15. The first-order valence-electron chi connectivity index (χ1n) is 6.51. The average Bonchev–Trinajstić information content (AvgIpc) is 2.36. The molecule has 1 aromatic carbocycles. The van der Waals surface area contributed by atoms with Gasteiger partial charge in [0.1, 0.15) is 5.75 Å². The van der Waals surface area contributed by atoms with Crippen LogP contribution in [0.3, 0.4) is 0 Å². The monoisotopic (exact) mass is 307 g/mol. The number of nitrogens with one attached hydrogen (secondary N) is 1. The van der Waals surface area contributed by atoms with Gasteiger partial charge in [0.2, 0.25) is 0 Å². The van der Waals surface area contributed by atoms with Crippen LogP contribution in [0.15, 0.2) is 18.2 Å². The van der Waals surface area contributed by atoms with Crippen LogP contribution in [0, 0.1) is 5.92 Å². The maximum absolute atomic E-state index is 12.3. The Kier molecular flexibility index (Phi) is 7.19. The molecule has 6 heteroatoms. The van der Waals surface area contributed by atoms with Crippen molar-refractivity contribution in [3.05, 3.63) is 28.8 Å². The Morgan fingerprint density at radius 3 is 2.60 bits per heavy atom. The predicted molar refractivity (Wildman–Crippen MR) is 75.3 cm³/mol. The van der Waals surface area contributed by atoms with Gasteiger partial charge in [-0.05, 0) is 30.5 Å². The summed E-state index contributed by atoms with van der Waals surface area (Å²) in [5.74, 6) is 0.434. The smallest absolute Gasteiger partial charge is 0.387 e. The summed E-state index contributed by atoms with van der Waals surface area (Å²) in [5, 5.41) is 12.7. The van der Waals surface area contributed by atoms with Crippen molar-refractivity contribution in [1.29, 1.82) is 0 Å². The van der Waals surface area contributed by atoms with Crippen LogP contribution in [-0.2, 0) is 6.54 Å². The van der Waals surface area contributed by atoms with Crippen molar-refractivity contribution >= 4 is 11.6 Å². The summed E-state index contributed by atoms with van der Waals surface area (Å²) >= 11 is 5.88. The topological polar surface area (TPSA) is 41.5 Å². The van der Waals surface area contributed by atoms with Crippen molar-refractivity contribution in [2.75, 3.05) is 6.61 Å². The molecule has 3 nitrogen and oxygen atoms in total. The lowest BCUT2D eigenvalue weighted by Crippen LogP contribution is -2.34. The van der Waals surface area contributed by atoms with E-state index in [4.69, 9.17) is 16.7 Å². The fraction of sp³-hybridized carbons (Fsp3) is 0.571. The quantitative estimate of drug-likeness (QED) is 0.773. The van der Waals surface area contributed by atoms with Crippen LogP contribution in [-0.4, -0.2) is 24.4 Å². The molecule has 0 heterocycles. The number of aliphatic hydroxyl groups excluding tert-OH is 1. The summed E-state index contributed by atoms with van der Waals surface area (Å²) in [5.41, 5.74) is 0.571. The van der Waals surface area contributed by atoms with E-state index in [1.165, 1.54) is 12.1 Å². The summed E-state index contributed by atoms with van der Waals surface area (Å²) in [6, 6.07) is 4.64. The fourth-order valence-electron chi connectivity index (χ4n) is 1.95. The second kappa shape index (κ2) is 8.39. The lowest BCUT2D eigenvalue weighted by molar-refractivity contribution is -0.0505. The Labute approximate surface area is 122 Å². The second-order valence-corrected chi connectivity index (χ2v) is 5.31. The number of aliphatic hydroxyl groups is 1. The summed E-state index contributed by atoms with van der Waals surface area (Å²) < 4.78 is 29.2. The third kappa shape index (κ3) is 5.61. The minimum absolute atomic E-state index is 0.0752. The Morgan fingerprint density at radius 1 is 1.35 bits per heavy atom. The molecule has 2 N–H and O–H groups in total. The van der Waals surface area contributed by atoms with Gasteiger partial charge in [-0.1, -0.05) is 25.4 Å². The van der Waals surface area contributed by atoms with Crippen LogP contribution in [0.2, 0.25) is 5.02 Å². The highest BCUT2D eigenvalue weighted by molar-refractivity contribution is 6.30. The number of rotatable bonds is 8. The normalized spacial score (nSPS) is 13.0. The van der Waals surface area contributed by atoms with Gasteiger partial charge < -0.3 is 15.2 Å². The molecule has 0 aromatic heterocycles. The van der Waals surface area contributed by atoms with Crippen LogP contribution >= 0.6 is 11.6 Å². The zero-order valence-corrected chi connectivity index (χ0v) is 12.3. The molecular formula is C14H20ClF2NO2. The van der Waals surface area contributed by atoms with Crippen molar-refractivity contribution in [2.24, 2.45) is 5.92 Å². The Bertz CT molecular complexity index is 416. The molecule has 0 radical (unpaired) electrons. The third-order valence-electron chi connectivity index (χ3n) is 3.04. The molecule has 1 atom stereocenters. The maximum Gasteiger partial charge on any atom is 0.387 e. The SMILES string of the molecule is CC(C)C(CCO)NCc1cc(Cl)ccc1OC(F)F. The molecule has 0 aliphatic carbocycles. The first-order chi connectivity index (χ1) is 9.43. The van der Waals surface area contributed by atoms with Gasteiger partial charge in [-0.3, -0.25) is 0 Å². The number of ether oxygens (including phenoxy) is 1. The number of benzene rings is 1. The molecule has 20 heavy (non-hydrogen) atoms. The minimum atomic E-state index is -2.87. The van der Waals surface area contributed by atoms with E-state index in [2.05, 4.69) is 10.1 Å². The molecule has 0 fully saturated rings. The van der Waals surface area contributed by atoms with E-state index in [1.807, 2.05) is 13.8 Å². The van der Waals surface area contributed by atoms with Crippen molar-refractivity contribution in [1.82, 2.24) is 5.32 Å². The van der Waals surface area contributed by atoms with E-state index in [-0.39, 0.29) is 18.4 Å². The molecular weight excluding hydrogens is 288 g/mol. The van der Waals surface area contributed by atoms with E-state index in [1.54, 1.807) is 6.07 Å². The highest BCUT2D eigenvalue weighted by Crippen LogP contribution is 2.25. The second-order valence-electron chi connectivity index (χ2n) is 4.87. The van der Waals surface area contributed by atoms with Gasteiger partial charge in [-0.2, -0.15) is 8.78 Å². The van der Waals surface area contributed by atoms with E-state index in [0.29, 0.717) is 29.5 Å². The Balaban J connectivity index is 2.76. The van der Waals surface area contributed by atoms with Crippen LogP contribution in [0.5, 0.6) is 5.75 Å². The minimum Gasteiger partial charge on any atom is -0.434 e. The maximum atomic E-state index is 12.3. The molecule has 0 aliphatic rings. The lowest BCUT2D eigenvalue weighted by Gasteiger charge is -2.22. The molecule has 0 saturated heterocycles. The first-order valence-corrected chi connectivity index (χ1v) is 6.89. The molecule has 0 bridgehead atoms. The third-order valence-corrected chi connectivity index (χ3v) is 3.27. The van der Waals surface area contributed by atoms with E-state index in [9.17, 15) is 8.78 Å². The molecule has 0 spiro atoms. The Hall–Kier alpha value is -0.910. The predicted octanol–water partition coefficient (Wildman–Crippen LogP) is 3.44. The first kappa shape index (κ1) is 17.1. The molecule has 0 amide bonds. The van der Waals surface area contributed by atoms with E-state index in [0.717, 1.165) is 0 Å². The lowest BCUT2D eigenvalue weighted by atomic mass is 10.0. The van der Waals surface area contributed by atoms with Gasteiger partial charge in [-0.25, -0.2) is 0 Å². The Morgan fingerprint density at radius 2 is 2.05 bits per heavy atom. The number of halogens is 3. The van der Waals surface area contributed by atoms with Crippen molar-refractivity contribution in [3.8, 4) is 5.75 Å². The highest BCUT2D eigenvalue weighted by atomic mass is 35.5. The largest absolute Gasteiger partial charge is 0.434 e. The average molecular weight is 308 g/mol. The summed E-state index contributed by atoms with van der Waals surface area (Å²) in [6.45, 7) is 1.62. The zero-order valence-electron chi connectivity index (χ0n) is 11.6. The van der Waals surface area contributed by atoms with Gasteiger partial charge in [0.05, 0.1) is 0 Å². The van der Waals surface area contributed by atoms with Gasteiger partial charge in [0, 0.05) is 29.8 Å². The van der Waals surface area contributed by atoms with Crippen LogP contribution in [0.1, 0.15) is 25.8 Å². The van der Waals surface area contributed by atoms with Gasteiger partial charge in [-0.15, -0.1) is 0 Å². The van der Waals surface area contributed by atoms with Gasteiger partial charge >= 0.3 is 6.61 Å². The van der Waals surface area contributed by atoms with Crippen molar-refractivity contribution < 1.29 is 18.6 Å². The number of alkyl halides is 2. The standard InChI is InChI=1S/C14H20ClF2NO2/c1-9(2)12(5-6-19)18-8-10-7-11(15)3-4-13(10)20-14(16)17/h3-4,7,9,12,14,18-19H,5-6,8H2,1-2H3. The van der Waals surface area contributed by atoms with E-state index >= 15 is 0 Å². The molecule has 0 saturated carbocycles. The summed E-state index contributed by atoms with van der Waals surface area (Å²) in [6.07, 6.45) is 0.600. The van der Waals surface area contributed by atoms with Crippen LogP contribution in [0.25, 0.3) is 0 Å². The summed E-state index contributed by atoms with van der Waals surface area (Å²) in [4.78, 5) is 0. The van der Waals surface area contributed by atoms with Gasteiger partial charge in [0.15, 0.2) is 0 Å². The molecule has 1 rings (SSSR count). The zero-order chi connectivity index (χ0) is 15.1. The van der Waals surface area contributed by atoms with Crippen LogP contribution < -0.4 is 10.1 Å². The molecule has 1 unspecified atom stereocenters. The number of hydrogen-bond donors (Lipinski definition) is 2. The number of hydrogen-bond acceptors (Lipinski definition) is 3. The van der Waals surface area contributed by atoms with E-state index < -0.39 is 6.61 Å².